The van der Waals surface area contributed by atoms with E-state index in [0.717, 1.165) is 22.6 Å². The molecule has 0 saturated heterocycles. The molecule has 0 aliphatic heterocycles. The first-order chi connectivity index (χ1) is 32.2. The molecule has 0 fully saturated rings. The van der Waals surface area contributed by atoms with E-state index in [-0.39, 0.29) is 5.41 Å². The number of para-hydroxylation sites is 2. The van der Waals surface area contributed by atoms with E-state index in [1.807, 2.05) is 0 Å². The summed E-state index contributed by atoms with van der Waals surface area (Å²) in [7, 11) is 0. The molecule has 1 heteroatoms. The number of anilines is 3. The van der Waals surface area contributed by atoms with Gasteiger partial charge in [-0.2, -0.15) is 0 Å². The molecule has 0 spiro atoms. The van der Waals surface area contributed by atoms with Crippen molar-refractivity contribution in [1.29, 1.82) is 0 Å². The Kier molecular flexibility index (Phi) is 9.35. The maximum atomic E-state index is 2.51. The van der Waals surface area contributed by atoms with Crippen LogP contribution >= 0.6 is 0 Å². The van der Waals surface area contributed by atoms with Gasteiger partial charge in [0.15, 0.2) is 0 Å². The minimum Gasteiger partial charge on any atom is -0.309 e. The van der Waals surface area contributed by atoms with Crippen LogP contribution in [0.3, 0.4) is 0 Å². The largest absolute Gasteiger partial charge is 0.309 e. The first-order valence-corrected chi connectivity index (χ1v) is 22.6. The molecule has 11 aromatic rings. The molecule has 1 unspecified atom stereocenters. The van der Waals surface area contributed by atoms with E-state index in [1.54, 1.807) is 0 Å². The van der Waals surface area contributed by atoms with E-state index in [2.05, 4.69) is 267 Å². The summed E-state index contributed by atoms with van der Waals surface area (Å²) in [5.41, 5.74) is 19.1. The molecule has 11 aromatic carbocycles. The lowest BCUT2D eigenvalue weighted by atomic mass is 9.74. The maximum Gasteiger partial charge on any atom is 0.0540 e. The average molecular weight is 828 g/mol. The first kappa shape index (κ1) is 38.4. The normalized spacial score (nSPS) is 14.0. The fourth-order valence-corrected chi connectivity index (χ4v) is 10.8. The summed E-state index contributed by atoms with van der Waals surface area (Å²) in [4.78, 5) is 2.51. The second-order valence-corrected chi connectivity index (χ2v) is 17.3. The van der Waals surface area contributed by atoms with E-state index < -0.39 is 0 Å². The van der Waals surface area contributed by atoms with Crippen molar-refractivity contribution in [3.05, 3.63) is 271 Å². The lowest BCUT2D eigenvalue weighted by Gasteiger charge is -2.31. The van der Waals surface area contributed by atoms with Gasteiger partial charge < -0.3 is 4.90 Å². The number of hydrogen-bond acceptors (Lipinski definition) is 1. The van der Waals surface area contributed by atoms with E-state index in [1.165, 1.54) is 88.3 Å². The van der Waals surface area contributed by atoms with Crippen molar-refractivity contribution < 1.29 is 0 Å². The van der Waals surface area contributed by atoms with Crippen LogP contribution in [0.1, 0.15) is 23.6 Å². The summed E-state index contributed by atoms with van der Waals surface area (Å²) in [6.45, 7) is 2.40. The number of hydrogen-bond donors (Lipinski definition) is 0. The van der Waals surface area contributed by atoms with Crippen molar-refractivity contribution in [2.75, 3.05) is 4.90 Å². The van der Waals surface area contributed by atoms with Crippen molar-refractivity contribution in [2.45, 2.75) is 12.3 Å². The molecule has 12 rings (SSSR count). The Morgan fingerprint density at radius 3 is 1.58 bits per heavy atom. The molecule has 0 aromatic heterocycles. The molecule has 1 aliphatic carbocycles. The molecular weight excluding hydrogens is 783 g/mol. The van der Waals surface area contributed by atoms with Crippen LogP contribution in [0.4, 0.5) is 17.1 Å². The molecule has 0 heterocycles. The lowest BCUT2D eigenvalue weighted by molar-refractivity contribution is 0.714. The highest BCUT2D eigenvalue weighted by molar-refractivity contribution is 6.10. The van der Waals surface area contributed by atoms with Gasteiger partial charge in [-0.1, -0.05) is 231 Å². The predicted octanol–water partition coefficient (Wildman–Crippen LogP) is 17.5. The summed E-state index contributed by atoms with van der Waals surface area (Å²) in [5.74, 6) is 0. The highest BCUT2D eigenvalue weighted by Gasteiger charge is 2.42. The molecule has 1 nitrogen and oxygen atoms in total. The number of rotatable bonds is 8. The Bertz CT molecular complexity index is 3560. The van der Waals surface area contributed by atoms with Gasteiger partial charge in [-0.25, -0.2) is 0 Å². The van der Waals surface area contributed by atoms with Crippen LogP contribution in [-0.4, -0.2) is 0 Å². The van der Waals surface area contributed by atoms with Crippen LogP contribution < -0.4 is 4.90 Å². The molecular formula is C64H45N. The van der Waals surface area contributed by atoms with Gasteiger partial charge in [-0.3, -0.25) is 0 Å². The van der Waals surface area contributed by atoms with Crippen molar-refractivity contribution in [2.24, 2.45) is 0 Å². The second-order valence-electron chi connectivity index (χ2n) is 17.3. The third kappa shape index (κ3) is 6.31. The van der Waals surface area contributed by atoms with Gasteiger partial charge in [-0.05, 0) is 114 Å². The third-order valence-corrected chi connectivity index (χ3v) is 13.8. The highest BCUT2D eigenvalue weighted by atomic mass is 15.1. The Labute approximate surface area is 381 Å². The van der Waals surface area contributed by atoms with Crippen LogP contribution in [0.5, 0.6) is 0 Å². The molecule has 0 amide bonds. The van der Waals surface area contributed by atoms with E-state index in [0.29, 0.717) is 0 Å². The maximum absolute atomic E-state index is 2.51. The molecule has 65 heavy (non-hydrogen) atoms. The standard InChI is InChI=1S/C64H45N/c1-64(48-28-6-3-7-29-48)58-39-13-10-34-57(58)63-56(38-20-40-59(63)64)54-33-12-15-42-61(54)65(49-30-16-27-47(43-49)51-35-17-24-44-23-8-9-31-50(44)51)60-41-14-11-32-53(60)55-37-19-26-46-25-18-36-52(62(46)55)45-21-4-2-5-22-45/h2-43H,1H3. The molecule has 0 bridgehead atoms. The second kappa shape index (κ2) is 15.8. The van der Waals surface area contributed by atoms with Crippen LogP contribution in [0.2, 0.25) is 0 Å². The fraction of sp³-hybridized carbons (Fsp3) is 0.0312. The molecule has 306 valence electrons. The van der Waals surface area contributed by atoms with Gasteiger partial charge in [-0.15, -0.1) is 0 Å². The van der Waals surface area contributed by atoms with Gasteiger partial charge in [0.2, 0.25) is 0 Å². The zero-order valence-electron chi connectivity index (χ0n) is 36.2. The van der Waals surface area contributed by atoms with Gasteiger partial charge in [0.05, 0.1) is 11.4 Å². The number of benzene rings is 11. The summed E-state index contributed by atoms with van der Waals surface area (Å²) in [5, 5.41) is 4.92. The smallest absolute Gasteiger partial charge is 0.0540 e. The molecule has 0 N–H and O–H groups in total. The van der Waals surface area contributed by atoms with E-state index in [9.17, 15) is 0 Å². The van der Waals surface area contributed by atoms with Crippen molar-refractivity contribution in [3.8, 4) is 55.6 Å². The van der Waals surface area contributed by atoms with Gasteiger partial charge >= 0.3 is 0 Å². The predicted molar refractivity (Wildman–Crippen MR) is 275 cm³/mol. The Balaban J connectivity index is 1.13. The monoisotopic (exact) mass is 827 g/mol. The topological polar surface area (TPSA) is 3.24 Å². The Morgan fingerprint density at radius 2 is 0.815 bits per heavy atom. The molecule has 1 atom stereocenters. The molecule has 0 saturated carbocycles. The zero-order chi connectivity index (χ0) is 43.3. The summed E-state index contributed by atoms with van der Waals surface area (Å²) in [6, 6.07) is 93.7. The van der Waals surface area contributed by atoms with Crippen molar-refractivity contribution in [1.82, 2.24) is 0 Å². The van der Waals surface area contributed by atoms with Crippen LogP contribution in [0.25, 0.3) is 77.2 Å². The summed E-state index contributed by atoms with van der Waals surface area (Å²) < 4.78 is 0. The first-order valence-electron chi connectivity index (χ1n) is 22.6. The van der Waals surface area contributed by atoms with E-state index >= 15 is 0 Å². The number of fused-ring (bicyclic) bond motifs is 5. The zero-order valence-corrected chi connectivity index (χ0v) is 36.2. The van der Waals surface area contributed by atoms with Crippen molar-refractivity contribution >= 4 is 38.6 Å². The van der Waals surface area contributed by atoms with Crippen molar-refractivity contribution in [3.63, 3.8) is 0 Å². The number of nitrogens with zero attached hydrogens (tertiary/aromatic N) is 1. The Hall–Kier alpha value is -8.26. The van der Waals surface area contributed by atoms with E-state index in [4.69, 9.17) is 0 Å². The quantitative estimate of drug-likeness (QED) is 0.147. The minimum atomic E-state index is -0.317. The highest BCUT2D eigenvalue weighted by Crippen LogP contribution is 2.57. The summed E-state index contributed by atoms with van der Waals surface area (Å²) in [6.07, 6.45) is 0. The SMILES string of the molecule is CC1(c2ccccc2)c2ccccc2-c2c(-c3ccccc3N(c3cccc(-c4cccc5ccccc45)c3)c3ccccc3-c3cccc4cccc(-c5ccccc5)c34)cccc21. The molecule has 1 aliphatic rings. The molecule has 0 radical (unpaired) electrons. The Morgan fingerprint density at radius 1 is 0.323 bits per heavy atom. The fourth-order valence-electron chi connectivity index (χ4n) is 10.8. The van der Waals surface area contributed by atoms with Crippen LogP contribution in [0.15, 0.2) is 255 Å². The van der Waals surface area contributed by atoms with Crippen LogP contribution in [-0.2, 0) is 5.41 Å². The van der Waals surface area contributed by atoms with Gasteiger partial charge in [0, 0.05) is 22.2 Å². The average Bonchev–Trinajstić information content (AvgIpc) is 3.65. The van der Waals surface area contributed by atoms with Crippen LogP contribution in [0, 0.1) is 0 Å². The van der Waals surface area contributed by atoms with Gasteiger partial charge in [0.25, 0.3) is 0 Å². The lowest BCUT2D eigenvalue weighted by Crippen LogP contribution is -2.22. The minimum absolute atomic E-state index is 0.317. The third-order valence-electron chi connectivity index (χ3n) is 13.8. The summed E-state index contributed by atoms with van der Waals surface area (Å²) >= 11 is 0. The van der Waals surface area contributed by atoms with Gasteiger partial charge in [0.1, 0.15) is 0 Å².